The Hall–Kier alpha value is -1.63. The van der Waals surface area contributed by atoms with Crippen LogP contribution in [-0.4, -0.2) is 41.4 Å². The van der Waals surface area contributed by atoms with Crippen LogP contribution in [0.15, 0.2) is 6.07 Å². The maximum Gasteiger partial charge on any atom is 0.160 e. The first-order valence-electron chi connectivity index (χ1n) is 6.56. The van der Waals surface area contributed by atoms with E-state index in [1.807, 2.05) is 0 Å². The zero-order valence-corrected chi connectivity index (χ0v) is 10.8. The summed E-state index contributed by atoms with van der Waals surface area (Å²) in [7, 11) is 0. The summed E-state index contributed by atoms with van der Waals surface area (Å²) < 4.78 is 16.4. The number of ether oxygens (including phenoxy) is 3. The molecule has 4 rings (SSSR count). The molecule has 6 nitrogen and oxygen atoms in total. The van der Waals surface area contributed by atoms with Gasteiger partial charge in [-0.2, -0.15) is 0 Å². The number of phenols is 2. The van der Waals surface area contributed by atoms with Gasteiger partial charge < -0.3 is 24.4 Å². The predicted molar refractivity (Wildman–Crippen MR) is 65.8 cm³/mol. The number of rotatable bonds is 1. The minimum absolute atomic E-state index is 0.0860. The van der Waals surface area contributed by atoms with E-state index < -0.39 is 0 Å². The standard InChI is InChI=1S/C14H14O6/c1-5(15)6-2-7(16)11-12(17)10(6)13-8(19-13)3-18-4-9-14(11)20-9/h2,8-9,13-14,16-17H,3-4H2,1H3. The lowest BCUT2D eigenvalue weighted by atomic mass is 9.93. The van der Waals surface area contributed by atoms with Crippen LogP contribution in [0.5, 0.6) is 11.5 Å². The number of hydrogen-bond donors (Lipinski definition) is 2. The van der Waals surface area contributed by atoms with Gasteiger partial charge in [-0.05, 0) is 13.0 Å². The number of carbonyl (C=O) groups is 1. The molecule has 0 aromatic heterocycles. The molecule has 1 aromatic rings. The SMILES string of the molecule is CC(=O)c1cc(O)c2c(O)c1C1OC1COCC1OC21. The van der Waals surface area contributed by atoms with Gasteiger partial charge in [-0.1, -0.05) is 0 Å². The van der Waals surface area contributed by atoms with Crippen LogP contribution >= 0.6 is 0 Å². The molecule has 2 saturated heterocycles. The van der Waals surface area contributed by atoms with Crippen LogP contribution in [0.4, 0.5) is 0 Å². The zero-order valence-electron chi connectivity index (χ0n) is 10.8. The first-order valence-corrected chi connectivity index (χ1v) is 6.56. The molecule has 0 aliphatic carbocycles. The Kier molecular flexibility index (Phi) is 2.39. The van der Waals surface area contributed by atoms with Gasteiger partial charge in [0.15, 0.2) is 5.78 Å². The highest BCUT2D eigenvalue weighted by molar-refractivity contribution is 5.97. The first kappa shape index (κ1) is 12.1. The fraction of sp³-hybridized carbons (Fsp3) is 0.500. The van der Waals surface area contributed by atoms with E-state index in [0.717, 1.165) is 0 Å². The van der Waals surface area contributed by atoms with E-state index in [9.17, 15) is 15.0 Å². The molecule has 0 saturated carbocycles. The van der Waals surface area contributed by atoms with Crippen molar-refractivity contribution in [3.05, 3.63) is 22.8 Å². The molecule has 20 heavy (non-hydrogen) atoms. The number of ketones is 1. The molecule has 106 valence electrons. The van der Waals surface area contributed by atoms with Crippen LogP contribution in [0.25, 0.3) is 0 Å². The van der Waals surface area contributed by atoms with Crippen molar-refractivity contribution in [1.82, 2.24) is 0 Å². The second-order valence-electron chi connectivity index (χ2n) is 5.40. The Balaban J connectivity index is 1.91. The van der Waals surface area contributed by atoms with Crippen LogP contribution in [-0.2, 0) is 14.2 Å². The molecule has 2 fully saturated rings. The second-order valence-corrected chi connectivity index (χ2v) is 5.40. The number of carbonyl (C=O) groups excluding carboxylic acids is 1. The third kappa shape index (κ3) is 1.65. The lowest BCUT2D eigenvalue weighted by Gasteiger charge is -2.14. The molecule has 2 N–H and O–H groups in total. The van der Waals surface area contributed by atoms with Crippen molar-refractivity contribution < 1.29 is 29.2 Å². The van der Waals surface area contributed by atoms with E-state index in [-0.39, 0.29) is 47.3 Å². The summed E-state index contributed by atoms with van der Waals surface area (Å²) in [5.41, 5.74) is 1.05. The molecule has 3 aliphatic rings. The lowest BCUT2D eigenvalue weighted by molar-refractivity contribution is 0.101. The van der Waals surface area contributed by atoms with Crippen molar-refractivity contribution in [2.24, 2.45) is 0 Å². The summed E-state index contributed by atoms with van der Waals surface area (Å²) >= 11 is 0. The van der Waals surface area contributed by atoms with E-state index in [1.165, 1.54) is 13.0 Å². The molecule has 4 atom stereocenters. The van der Waals surface area contributed by atoms with Crippen LogP contribution in [0, 0.1) is 0 Å². The summed E-state index contributed by atoms with van der Waals surface area (Å²) in [6, 6.07) is 1.40. The van der Waals surface area contributed by atoms with Gasteiger partial charge in [0.25, 0.3) is 0 Å². The zero-order chi connectivity index (χ0) is 14.0. The Morgan fingerprint density at radius 3 is 2.35 bits per heavy atom. The van der Waals surface area contributed by atoms with Crippen molar-refractivity contribution >= 4 is 5.78 Å². The van der Waals surface area contributed by atoms with Crippen molar-refractivity contribution in [3.8, 4) is 11.5 Å². The van der Waals surface area contributed by atoms with Gasteiger partial charge >= 0.3 is 0 Å². The van der Waals surface area contributed by atoms with Crippen molar-refractivity contribution in [1.29, 1.82) is 0 Å². The summed E-state index contributed by atoms with van der Waals surface area (Å²) in [5, 5.41) is 20.5. The number of phenolic OH excluding ortho intramolecular Hbond substituents is 2. The Morgan fingerprint density at radius 2 is 1.75 bits per heavy atom. The Labute approximate surface area is 114 Å². The third-order valence-corrected chi connectivity index (χ3v) is 4.03. The van der Waals surface area contributed by atoms with Gasteiger partial charge in [0.05, 0.1) is 18.8 Å². The maximum atomic E-state index is 11.7. The normalized spacial score (nSPS) is 33.9. The van der Waals surface area contributed by atoms with Gasteiger partial charge in [0.1, 0.15) is 35.9 Å². The van der Waals surface area contributed by atoms with Gasteiger partial charge in [-0.15, -0.1) is 0 Å². The average molecular weight is 278 g/mol. The fourth-order valence-electron chi connectivity index (χ4n) is 2.89. The minimum atomic E-state index is -0.384. The van der Waals surface area contributed by atoms with Crippen LogP contribution < -0.4 is 0 Å². The molecule has 0 amide bonds. The van der Waals surface area contributed by atoms with Crippen molar-refractivity contribution in [3.63, 3.8) is 0 Å². The summed E-state index contributed by atoms with van der Waals surface area (Å²) in [6.07, 6.45) is -1.07. The molecule has 3 heterocycles. The molecule has 1 aromatic carbocycles. The highest BCUT2D eigenvalue weighted by Gasteiger charge is 2.50. The van der Waals surface area contributed by atoms with Crippen molar-refractivity contribution in [2.45, 2.75) is 31.3 Å². The molecular weight excluding hydrogens is 264 g/mol. The van der Waals surface area contributed by atoms with E-state index in [0.29, 0.717) is 24.3 Å². The number of benzene rings is 1. The van der Waals surface area contributed by atoms with Crippen LogP contribution in [0.3, 0.4) is 0 Å². The van der Waals surface area contributed by atoms with E-state index >= 15 is 0 Å². The van der Waals surface area contributed by atoms with Crippen molar-refractivity contribution in [2.75, 3.05) is 13.2 Å². The lowest BCUT2D eigenvalue weighted by Crippen LogP contribution is -2.11. The number of Topliss-reactive ketones (excluding diaryl/α,β-unsaturated/α-hetero) is 1. The number of epoxide rings is 2. The molecule has 0 radical (unpaired) electrons. The number of aromatic hydroxyl groups is 2. The molecule has 4 unspecified atom stereocenters. The Morgan fingerprint density at radius 1 is 1.15 bits per heavy atom. The number of hydrogen-bond acceptors (Lipinski definition) is 6. The maximum absolute atomic E-state index is 11.7. The molecule has 2 bridgehead atoms. The van der Waals surface area contributed by atoms with Crippen LogP contribution in [0.1, 0.15) is 40.6 Å². The minimum Gasteiger partial charge on any atom is -0.507 e. The molecule has 6 heteroatoms. The van der Waals surface area contributed by atoms with Gasteiger partial charge in [-0.25, -0.2) is 0 Å². The van der Waals surface area contributed by atoms with Gasteiger partial charge in [0.2, 0.25) is 0 Å². The van der Waals surface area contributed by atoms with E-state index in [2.05, 4.69) is 0 Å². The molecule has 0 spiro atoms. The topological polar surface area (TPSA) is 91.8 Å². The van der Waals surface area contributed by atoms with Crippen LogP contribution in [0.2, 0.25) is 0 Å². The van der Waals surface area contributed by atoms with E-state index in [1.54, 1.807) is 0 Å². The molecular formula is C14H14O6. The fourth-order valence-corrected chi connectivity index (χ4v) is 2.89. The summed E-state index contributed by atoms with van der Waals surface area (Å²) in [5.74, 6) is -0.434. The summed E-state index contributed by atoms with van der Waals surface area (Å²) in [6.45, 7) is 2.21. The highest BCUT2D eigenvalue weighted by atomic mass is 16.6. The first-order chi connectivity index (χ1) is 9.58. The van der Waals surface area contributed by atoms with Gasteiger partial charge in [-0.3, -0.25) is 4.79 Å². The second kappa shape index (κ2) is 3.94. The Bertz CT molecular complexity index is 610. The third-order valence-electron chi connectivity index (χ3n) is 4.03. The average Bonchev–Trinajstić information content (AvgIpc) is 3.26. The highest BCUT2D eigenvalue weighted by Crippen LogP contribution is 2.54. The quantitative estimate of drug-likeness (QED) is 0.592. The predicted octanol–water partition coefficient (Wildman–Crippen LogP) is 1.21. The smallest absolute Gasteiger partial charge is 0.160 e. The van der Waals surface area contributed by atoms with Gasteiger partial charge in [0, 0.05) is 11.1 Å². The summed E-state index contributed by atoms with van der Waals surface area (Å²) in [4.78, 5) is 11.7. The largest absolute Gasteiger partial charge is 0.507 e. The molecule has 3 aliphatic heterocycles. The number of fused-ring (bicyclic) bond motifs is 6. The van der Waals surface area contributed by atoms with E-state index in [4.69, 9.17) is 14.2 Å². The monoisotopic (exact) mass is 278 g/mol.